The predicted molar refractivity (Wildman–Crippen MR) is 82.5 cm³/mol. The molecule has 27 heavy (non-hydrogen) atoms. The van der Waals surface area contributed by atoms with Crippen LogP contribution in [0, 0.1) is 0 Å². The molecule has 1 saturated heterocycles. The van der Waals surface area contributed by atoms with Crippen molar-refractivity contribution >= 4 is 29.4 Å². The Labute approximate surface area is 149 Å². The number of aromatic amines is 1. The van der Waals surface area contributed by atoms with E-state index >= 15 is 0 Å². The van der Waals surface area contributed by atoms with Crippen LogP contribution >= 0.6 is 7.82 Å². The van der Waals surface area contributed by atoms with E-state index in [1.807, 2.05) is 0 Å². The van der Waals surface area contributed by atoms with E-state index in [9.17, 15) is 32.9 Å². The van der Waals surface area contributed by atoms with E-state index in [0.29, 0.717) is 0 Å². The van der Waals surface area contributed by atoms with Gasteiger partial charge in [0.15, 0.2) is 17.4 Å². The first kappa shape index (κ1) is 20.0. The molecule has 2 aromatic rings. The summed E-state index contributed by atoms with van der Waals surface area (Å²) in [5, 5.41) is 20.2. The van der Waals surface area contributed by atoms with Crippen molar-refractivity contribution in [1.29, 1.82) is 0 Å². The van der Waals surface area contributed by atoms with Gasteiger partial charge in [-0.25, -0.2) is 14.5 Å². The third kappa shape index (κ3) is 4.23. The Morgan fingerprint density at radius 2 is 2.04 bits per heavy atom. The Bertz CT molecular complexity index is 1050. The van der Waals surface area contributed by atoms with Gasteiger partial charge in [0, 0.05) is 0 Å². The van der Waals surface area contributed by atoms with Gasteiger partial charge in [-0.15, -0.1) is 3.97 Å². The molecule has 0 amide bonds. The predicted octanol–water partition coefficient (Wildman–Crippen LogP) is -2.32. The quantitative estimate of drug-likeness (QED) is 0.241. The molecule has 3 rings (SSSR count). The van der Waals surface area contributed by atoms with E-state index in [-0.39, 0.29) is 11.2 Å². The van der Waals surface area contributed by atoms with Crippen molar-refractivity contribution in [3.05, 3.63) is 23.0 Å². The minimum absolute atomic E-state index is 0.0408. The maximum atomic E-state index is 11.7. The number of hydrogen-bond acceptors (Lipinski definition) is 11. The van der Waals surface area contributed by atoms with Crippen molar-refractivity contribution < 1.29 is 45.9 Å². The van der Waals surface area contributed by atoms with Gasteiger partial charge in [-0.2, -0.15) is 8.42 Å². The second-order valence-corrected chi connectivity index (χ2v) is 8.02. The molecule has 0 radical (unpaired) electrons. The average molecular weight is 428 g/mol. The number of aliphatic hydroxyl groups excluding tert-OH is 2. The summed E-state index contributed by atoms with van der Waals surface area (Å²) in [6.45, 7) is -0.876. The zero-order chi connectivity index (χ0) is 20.0. The smallest absolute Gasteiger partial charge is 0.387 e. The van der Waals surface area contributed by atoms with E-state index in [1.54, 1.807) is 0 Å². The Hall–Kier alpha value is -1.75. The number of phosphoric acid groups is 1. The first-order chi connectivity index (χ1) is 12.5. The summed E-state index contributed by atoms with van der Waals surface area (Å²) in [4.78, 5) is 30.9. The lowest BCUT2D eigenvalue weighted by molar-refractivity contribution is -0.0501. The van der Waals surface area contributed by atoms with Gasteiger partial charge in [0.1, 0.15) is 18.3 Å². The fourth-order valence-corrected chi connectivity index (χ4v) is 3.91. The standard InChI is InChI=1S/C10H13N4O11PS/c15-6-4(1-23-26(18,19)25-27(20,21)22)24-10(7(6)16)14-3-13-5-8(14)11-2-12-9(5)17/h2-4,6-7,10,15-16H,1H2,(H,18,19)(H,11,12,17)(H,20,21,22)/t4-,6-,7-,10-/m1/s1. The van der Waals surface area contributed by atoms with E-state index in [2.05, 4.69) is 23.4 Å². The largest absolute Gasteiger partial charge is 0.488 e. The summed E-state index contributed by atoms with van der Waals surface area (Å²) in [7, 11) is -10.5. The van der Waals surface area contributed by atoms with Gasteiger partial charge < -0.3 is 24.8 Å². The van der Waals surface area contributed by atoms with Crippen molar-refractivity contribution in [2.45, 2.75) is 24.5 Å². The minimum Gasteiger partial charge on any atom is -0.387 e. The molecule has 5 N–H and O–H groups in total. The van der Waals surface area contributed by atoms with Gasteiger partial charge in [-0.3, -0.25) is 18.4 Å². The number of nitrogens with zero attached hydrogens (tertiary/aromatic N) is 3. The Morgan fingerprint density at radius 1 is 1.33 bits per heavy atom. The molecule has 0 aromatic carbocycles. The lowest BCUT2D eigenvalue weighted by Gasteiger charge is -2.16. The second kappa shape index (κ2) is 7.01. The molecule has 1 fully saturated rings. The molecular formula is C10H13N4O11PS. The maximum Gasteiger partial charge on any atom is 0.488 e. The van der Waals surface area contributed by atoms with Crippen molar-refractivity contribution in [1.82, 2.24) is 19.5 Å². The van der Waals surface area contributed by atoms with Crippen LogP contribution < -0.4 is 5.56 Å². The number of ether oxygens (including phenoxy) is 1. The summed E-state index contributed by atoms with van der Waals surface area (Å²) >= 11 is 0. The monoisotopic (exact) mass is 428 g/mol. The van der Waals surface area contributed by atoms with Crippen molar-refractivity contribution in [3.63, 3.8) is 0 Å². The van der Waals surface area contributed by atoms with Crippen LogP contribution in [0.25, 0.3) is 11.2 Å². The van der Waals surface area contributed by atoms with Gasteiger partial charge in [0.05, 0.1) is 19.3 Å². The maximum absolute atomic E-state index is 11.7. The third-order valence-electron chi connectivity index (χ3n) is 3.57. The van der Waals surface area contributed by atoms with Crippen LogP contribution in [-0.4, -0.2) is 72.5 Å². The van der Waals surface area contributed by atoms with E-state index < -0.39 is 54.9 Å². The molecule has 150 valence electrons. The van der Waals surface area contributed by atoms with Crippen LogP contribution in [-0.2, 0) is 28.2 Å². The number of imidazole rings is 1. The Morgan fingerprint density at radius 3 is 2.70 bits per heavy atom. The fourth-order valence-electron chi connectivity index (χ4n) is 2.45. The molecule has 1 aliphatic rings. The van der Waals surface area contributed by atoms with Crippen molar-refractivity contribution in [2.24, 2.45) is 0 Å². The highest BCUT2D eigenvalue weighted by Gasteiger charge is 2.45. The summed E-state index contributed by atoms with van der Waals surface area (Å²) in [5.41, 5.74) is -0.557. The number of rotatable bonds is 6. The number of aliphatic hydroxyl groups is 2. The number of aromatic nitrogens is 4. The van der Waals surface area contributed by atoms with E-state index in [1.165, 1.54) is 0 Å². The summed E-state index contributed by atoms with van der Waals surface area (Å²) in [5.74, 6) is 0. The van der Waals surface area contributed by atoms with E-state index in [0.717, 1.165) is 17.2 Å². The number of H-pyrrole nitrogens is 1. The van der Waals surface area contributed by atoms with Gasteiger partial charge in [-0.05, 0) is 0 Å². The molecule has 3 heterocycles. The normalized spacial score (nSPS) is 28.4. The summed E-state index contributed by atoms with van der Waals surface area (Å²) < 4.78 is 55.1. The zero-order valence-electron chi connectivity index (χ0n) is 13.0. The zero-order valence-corrected chi connectivity index (χ0v) is 14.7. The van der Waals surface area contributed by atoms with Crippen LogP contribution in [0.3, 0.4) is 0 Å². The second-order valence-electron chi connectivity index (χ2n) is 5.37. The lowest BCUT2D eigenvalue weighted by atomic mass is 10.1. The number of nitrogens with one attached hydrogen (secondary N) is 1. The van der Waals surface area contributed by atoms with Gasteiger partial charge in [0.2, 0.25) is 0 Å². The van der Waals surface area contributed by atoms with Crippen LogP contribution in [0.4, 0.5) is 0 Å². The molecule has 0 bridgehead atoms. The fraction of sp³-hybridized carbons (Fsp3) is 0.500. The number of phosphoric ester groups is 1. The van der Waals surface area contributed by atoms with E-state index in [4.69, 9.17) is 9.29 Å². The third-order valence-corrected chi connectivity index (χ3v) is 5.55. The van der Waals surface area contributed by atoms with Gasteiger partial charge in [0.25, 0.3) is 5.56 Å². The van der Waals surface area contributed by atoms with Crippen LogP contribution in [0.5, 0.6) is 0 Å². The molecule has 5 atom stereocenters. The highest BCUT2D eigenvalue weighted by Crippen LogP contribution is 2.45. The Kier molecular flexibility index (Phi) is 5.19. The van der Waals surface area contributed by atoms with Gasteiger partial charge >= 0.3 is 18.2 Å². The molecule has 17 heteroatoms. The molecule has 1 aliphatic heterocycles. The highest BCUT2D eigenvalue weighted by atomic mass is 32.3. The molecule has 1 unspecified atom stereocenters. The SMILES string of the molecule is O=c1[nH]cnc2c1ncn2[C@@H]1O[C@H](COP(=O)(O)OS(=O)(=O)O)[C@@H](O)[C@H]1O. The first-order valence-corrected chi connectivity index (χ1v) is 9.92. The number of fused-ring (bicyclic) bond motifs is 1. The van der Waals surface area contributed by atoms with Crippen LogP contribution in [0.15, 0.2) is 17.4 Å². The van der Waals surface area contributed by atoms with Crippen molar-refractivity contribution in [2.75, 3.05) is 6.61 Å². The molecule has 0 aliphatic carbocycles. The molecule has 0 spiro atoms. The summed E-state index contributed by atoms with van der Waals surface area (Å²) in [6.07, 6.45) is -3.65. The van der Waals surface area contributed by atoms with Gasteiger partial charge in [-0.1, -0.05) is 0 Å². The van der Waals surface area contributed by atoms with Crippen LogP contribution in [0.2, 0.25) is 0 Å². The molecule has 0 saturated carbocycles. The lowest BCUT2D eigenvalue weighted by Crippen LogP contribution is -2.33. The Balaban J connectivity index is 1.77. The van der Waals surface area contributed by atoms with Crippen molar-refractivity contribution in [3.8, 4) is 0 Å². The molecule has 2 aromatic heterocycles. The number of hydrogen-bond donors (Lipinski definition) is 5. The summed E-state index contributed by atoms with van der Waals surface area (Å²) in [6, 6.07) is 0. The average Bonchev–Trinajstić information content (AvgIpc) is 3.07. The molecule has 15 nitrogen and oxygen atoms in total. The molecular weight excluding hydrogens is 415 g/mol. The van der Waals surface area contributed by atoms with Crippen LogP contribution in [0.1, 0.15) is 6.23 Å². The first-order valence-electron chi connectivity index (χ1n) is 7.06. The minimum atomic E-state index is -5.27. The topological polar surface area (TPSA) is 223 Å². The highest BCUT2D eigenvalue weighted by molar-refractivity contribution is 7.85.